The number of rotatable bonds is 2. The van der Waals surface area contributed by atoms with Crippen LogP contribution in [-0.4, -0.2) is 13.1 Å². The lowest BCUT2D eigenvalue weighted by atomic mass is 9.99. The van der Waals surface area contributed by atoms with Crippen LogP contribution in [0.2, 0.25) is 19.6 Å². The van der Waals surface area contributed by atoms with Gasteiger partial charge < -0.3 is 0 Å². The van der Waals surface area contributed by atoms with Crippen molar-refractivity contribution in [3.63, 3.8) is 0 Å². The normalized spacial score (nSPS) is 12.0. The molecule has 1 heterocycles. The van der Waals surface area contributed by atoms with Crippen molar-refractivity contribution >= 4 is 34.8 Å². The molecule has 3 aromatic carbocycles. The van der Waals surface area contributed by atoms with Gasteiger partial charge in [-0.15, -0.1) is 0 Å². The molecule has 118 valence electrons. The maximum Gasteiger partial charge on any atom is 0.0796 e. The van der Waals surface area contributed by atoms with Gasteiger partial charge in [0, 0.05) is 11.8 Å². The van der Waals surface area contributed by atoms with Gasteiger partial charge in [-0.1, -0.05) is 74.2 Å². The van der Waals surface area contributed by atoms with Gasteiger partial charge in [-0.25, -0.2) is 0 Å². The maximum absolute atomic E-state index is 4.72. The van der Waals surface area contributed by atoms with Crippen molar-refractivity contribution in [3.8, 4) is 11.3 Å². The van der Waals surface area contributed by atoms with Gasteiger partial charge in [0.2, 0.25) is 0 Å². The number of pyridine rings is 1. The highest BCUT2D eigenvalue weighted by molar-refractivity contribution is 6.88. The van der Waals surface area contributed by atoms with E-state index in [9.17, 15) is 0 Å². The van der Waals surface area contributed by atoms with Crippen LogP contribution in [0.3, 0.4) is 0 Å². The van der Waals surface area contributed by atoms with E-state index in [-0.39, 0.29) is 0 Å². The Balaban J connectivity index is 1.82. The number of benzene rings is 3. The largest absolute Gasteiger partial charge is 0.256 e. The van der Waals surface area contributed by atoms with E-state index in [1.165, 1.54) is 32.3 Å². The Kier molecular flexibility index (Phi) is 3.50. The Labute approximate surface area is 144 Å². The van der Waals surface area contributed by atoms with Crippen LogP contribution in [0.4, 0.5) is 0 Å². The summed E-state index contributed by atoms with van der Waals surface area (Å²) in [5, 5.41) is 6.56. The third-order valence-electron chi connectivity index (χ3n) is 4.67. The van der Waals surface area contributed by atoms with Gasteiger partial charge in [0.25, 0.3) is 0 Å². The van der Waals surface area contributed by atoms with Crippen LogP contribution in [0.1, 0.15) is 0 Å². The lowest BCUT2D eigenvalue weighted by Gasteiger charge is -2.16. The molecule has 0 unspecified atom stereocenters. The van der Waals surface area contributed by atoms with E-state index < -0.39 is 8.07 Å². The molecule has 0 atom stereocenters. The number of nitrogens with zero attached hydrogens (tertiary/aromatic N) is 1. The first-order chi connectivity index (χ1) is 11.5. The Hall–Kier alpha value is -2.45. The molecule has 0 aliphatic carbocycles. The SMILES string of the molecule is C[Si](C)(C)c1ccc(-c2ccc3c(ccc4ccccc43)c2)nc1. The summed E-state index contributed by atoms with van der Waals surface area (Å²) in [6.07, 6.45) is 2.06. The molecule has 0 radical (unpaired) electrons. The molecule has 0 fully saturated rings. The van der Waals surface area contributed by atoms with Crippen molar-refractivity contribution in [3.05, 3.63) is 72.9 Å². The van der Waals surface area contributed by atoms with Gasteiger partial charge in [-0.05, 0) is 38.9 Å². The summed E-state index contributed by atoms with van der Waals surface area (Å²) < 4.78 is 0. The molecule has 24 heavy (non-hydrogen) atoms. The molecule has 1 aromatic heterocycles. The quantitative estimate of drug-likeness (QED) is 0.345. The van der Waals surface area contributed by atoms with Crippen molar-refractivity contribution in [2.24, 2.45) is 0 Å². The molecule has 0 bridgehead atoms. The summed E-state index contributed by atoms with van der Waals surface area (Å²) in [4.78, 5) is 4.72. The molecule has 0 N–H and O–H groups in total. The van der Waals surface area contributed by atoms with Gasteiger partial charge in [0.05, 0.1) is 13.8 Å². The Morgan fingerprint density at radius 3 is 2.21 bits per heavy atom. The smallest absolute Gasteiger partial charge is 0.0796 e. The Bertz CT molecular complexity index is 1030. The summed E-state index contributed by atoms with van der Waals surface area (Å²) in [5.41, 5.74) is 2.23. The van der Waals surface area contributed by atoms with Gasteiger partial charge in [0.15, 0.2) is 0 Å². The van der Waals surface area contributed by atoms with Crippen molar-refractivity contribution in [2.45, 2.75) is 19.6 Å². The zero-order valence-corrected chi connectivity index (χ0v) is 15.4. The van der Waals surface area contributed by atoms with Crippen LogP contribution in [0, 0.1) is 0 Å². The van der Waals surface area contributed by atoms with Crippen LogP contribution in [0.5, 0.6) is 0 Å². The average Bonchev–Trinajstić information content (AvgIpc) is 2.60. The average molecular weight is 328 g/mol. The molecular formula is C22H21NSi. The van der Waals surface area contributed by atoms with Gasteiger partial charge in [0.1, 0.15) is 0 Å². The highest BCUT2D eigenvalue weighted by atomic mass is 28.3. The van der Waals surface area contributed by atoms with Crippen LogP contribution in [0.15, 0.2) is 72.9 Å². The minimum Gasteiger partial charge on any atom is -0.256 e. The zero-order chi connectivity index (χ0) is 16.7. The van der Waals surface area contributed by atoms with Crippen LogP contribution < -0.4 is 5.19 Å². The molecule has 4 rings (SSSR count). The first-order valence-corrected chi connectivity index (χ1v) is 11.9. The molecule has 1 nitrogen and oxygen atoms in total. The molecule has 2 heteroatoms. The van der Waals surface area contributed by atoms with E-state index in [0.29, 0.717) is 0 Å². The summed E-state index contributed by atoms with van der Waals surface area (Å²) in [5.74, 6) is 0. The zero-order valence-electron chi connectivity index (χ0n) is 14.4. The molecule has 0 aliphatic rings. The second-order valence-electron chi connectivity index (χ2n) is 7.40. The van der Waals surface area contributed by atoms with E-state index in [1.807, 2.05) is 0 Å². The molecule has 0 amide bonds. The molecule has 0 aliphatic heterocycles. The lowest BCUT2D eigenvalue weighted by Crippen LogP contribution is -2.37. The monoisotopic (exact) mass is 327 g/mol. The van der Waals surface area contributed by atoms with E-state index in [2.05, 4.69) is 92.6 Å². The van der Waals surface area contributed by atoms with Crippen LogP contribution in [0.25, 0.3) is 32.8 Å². The predicted octanol–water partition coefficient (Wildman–Crippen LogP) is 5.60. The van der Waals surface area contributed by atoms with Gasteiger partial charge in [-0.3, -0.25) is 4.98 Å². The Morgan fingerprint density at radius 1 is 0.708 bits per heavy atom. The van der Waals surface area contributed by atoms with Crippen LogP contribution >= 0.6 is 0 Å². The predicted molar refractivity (Wildman–Crippen MR) is 108 cm³/mol. The second kappa shape index (κ2) is 5.57. The van der Waals surface area contributed by atoms with Crippen molar-refractivity contribution in [1.82, 2.24) is 4.98 Å². The lowest BCUT2D eigenvalue weighted by molar-refractivity contribution is 1.34. The van der Waals surface area contributed by atoms with E-state index in [4.69, 9.17) is 4.98 Å². The molecule has 0 spiro atoms. The van der Waals surface area contributed by atoms with E-state index >= 15 is 0 Å². The molecule has 0 saturated heterocycles. The van der Waals surface area contributed by atoms with Crippen molar-refractivity contribution in [1.29, 1.82) is 0 Å². The van der Waals surface area contributed by atoms with Crippen molar-refractivity contribution < 1.29 is 0 Å². The molecule has 4 aromatic rings. The van der Waals surface area contributed by atoms with Crippen molar-refractivity contribution in [2.75, 3.05) is 0 Å². The summed E-state index contributed by atoms with van der Waals surface area (Å²) in [6.45, 7) is 7.06. The van der Waals surface area contributed by atoms with E-state index in [0.717, 1.165) is 5.69 Å². The van der Waals surface area contributed by atoms with Gasteiger partial charge in [-0.2, -0.15) is 0 Å². The first-order valence-electron chi connectivity index (χ1n) is 8.41. The number of hydrogen-bond donors (Lipinski definition) is 0. The van der Waals surface area contributed by atoms with Crippen LogP contribution in [-0.2, 0) is 0 Å². The standard InChI is InChI=1S/C22H21NSi/c1-24(2,3)19-11-13-22(23-15-19)18-10-12-21-17(14-18)9-8-16-6-4-5-7-20(16)21/h4-15H,1-3H3. The fraction of sp³-hybridized carbons (Fsp3) is 0.136. The number of hydrogen-bond acceptors (Lipinski definition) is 1. The first kappa shape index (κ1) is 15.1. The topological polar surface area (TPSA) is 12.9 Å². The third kappa shape index (κ3) is 2.63. The highest BCUT2D eigenvalue weighted by Crippen LogP contribution is 2.28. The summed E-state index contributed by atoms with van der Waals surface area (Å²) in [7, 11) is -1.29. The fourth-order valence-electron chi connectivity index (χ4n) is 3.18. The minimum atomic E-state index is -1.29. The maximum atomic E-state index is 4.72. The molecular weight excluding hydrogens is 306 g/mol. The second-order valence-corrected chi connectivity index (χ2v) is 12.5. The highest BCUT2D eigenvalue weighted by Gasteiger charge is 2.16. The Morgan fingerprint density at radius 2 is 1.46 bits per heavy atom. The third-order valence-corrected chi connectivity index (χ3v) is 6.70. The number of aromatic nitrogens is 1. The summed E-state index contributed by atoms with van der Waals surface area (Å²) >= 11 is 0. The molecule has 0 saturated carbocycles. The van der Waals surface area contributed by atoms with E-state index in [1.54, 1.807) is 0 Å². The summed E-state index contributed by atoms with van der Waals surface area (Å²) in [6, 6.07) is 24.0. The van der Waals surface area contributed by atoms with Gasteiger partial charge >= 0.3 is 0 Å². The number of fused-ring (bicyclic) bond motifs is 3. The minimum absolute atomic E-state index is 1.05. The fourth-order valence-corrected chi connectivity index (χ4v) is 4.22.